The van der Waals surface area contributed by atoms with Crippen molar-refractivity contribution in [3.63, 3.8) is 0 Å². The second-order valence-corrected chi connectivity index (χ2v) is 4.65. The molecule has 5 heteroatoms. The van der Waals surface area contributed by atoms with E-state index in [0.29, 0.717) is 0 Å². The maximum Gasteiger partial charge on any atom is 0.242 e. The molecule has 0 spiro atoms. The minimum absolute atomic E-state index is 0.0127. The first-order valence-electron chi connectivity index (χ1n) is 5.11. The lowest BCUT2D eigenvalue weighted by atomic mass is 10.2. The molecule has 1 saturated heterocycles. The summed E-state index contributed by atoms with van der Waals surface area (Å²) in [6, 6.07) is 7.12. The van der Waals surface area contributed by atoms with Gasteiger partial charge in [0.15, 0.2) is 0 Å². The number of carbonyl (C=O) groups excluding carboxylic acids is 1. The first-order chi connectivity index (χ1) is 7.79. The molecular weight excluding hydrogens is 224 g/mol. The summed E-state index contributed by atoms with van der Waals surface area (Å²) in [5.74, 6) is 1.63. The fourth-order valence-electron chi connectivity index (χ4n) is 1.54. The van der Waals surface area contributed by atoms with Crippen LogP contribution in [0, 0.1) is 0 Å². The van der Waals surface area contributed by atoms with E-state index in [1.54, 1.807) is 17.8 Å². The van der Waals surface area contributed by atoms with Crippen LogP contribution >= 0.6 is 11.8 Å². The number of aliphatic hydroxyl groups excluding tert-OH is 1. The molecule has 1 heterocycles. The smallest absolute Gasteiger partial charge is 0.242 e. The Kier molecular flexibility index (Phi) is 3.82. The Morgan fingerprint density at radius 2 is 2.50 bits per heavy atom. The number of rotatable bonds is 3. The number of thioether (sulfide) groups is 1. The molecule has 2 rings (SSSR count). The zero-order chi connectivity index (χ0) is 11.4. The SMILES string of the molecule is O=C(Nc1cccc(CO)c1)C1CSCN1. The number of carbonyl (C=O) groups is 1. The Balaban J connectivity index is 1.99. The third-order valence-corrected chi connectivity index (χ3v) is 3.35. The summed E-state index contributed by atoms with van der Waals surface area (Å²) in [7, 11) is 0. The van der Waals surface area contributed by atoms with Crippen LogP contribution in [0.2, 0.25) is 0 Å². The van der Waals surface area contributed by atoms with Crippen molar-refractivity contribution in [2.24, 2.45) is 0 Å². The number of benzene rings is 1. The average Bonchev–Trinajstić information content (AvgIpc) is 2.83. The molecular formula is C11H14N2O2S. The molecule has 16 heavy (non-hydrogen) atoms. The highest BCUT2D eigenvalue weighted by Gasteiger charge is 2.22. The van der Waals surface area contributed by atoms with E-state index in [2.05, 4.69) is 10.6 Å². The van der Waals surface area contributed by atoms with Gasteiger partial charge in [0.25, 0.3) is 0 Å². The molecule has 0 bridgehead atoms. The predicted octanol–water partition coefficient (Wildman–Crippen LogP) is 0.780. The number of hydrogen-bond donors (Lipinski definition) is 3. The number of nitrogens with one attached hydrogen (secondary N) is 2. The normalized spacial score (nSPS) is 19.7. The molecule has 1 atom stereocenters. The van der Waals surface area contributed by atoms with Crippen molar-refractivity contribution >= 4 is 23.4 Å². The van der Waals surface area contributed by atoms with Crippen LogP contribution in [-0.2, 0) is 11.4 Å². The highest BCUT2D eigenvalue weighted by Crippen LogP contribution is 2.14. The Morgan fingerprint density at radius 3 is 3.19 bits per heavy atom. The van der Waals surface area contributed by atoms with Crippen molar-refractivity contribution < 1.29 is 9.90 Å². The molecule has 1 aliphatic heterocycles. The largest absolute Gasteiger partial charge is 0.392 e. The number of aliphatic hydroxyl groups is 1. The van der Waals surface area contributed by atoms with Gasteiger partial charge in [0.05, 0.1) is 12.6 Å². The monoisotopic (exact) mass is 238 g/mol. The first-order valence-corrected chi connectivity index (χ1v) is 6.27. The van der Waals surface area contributed by atoms with Crippen molar-refractivity contribution in [3.8, 4) is 0 Å². The van der Waals surface area contributed by atoms with Crippen molar-refractivity contribution in [1.82, 2.24) is 5.32 Å². The molecule has 1 aromatic rings. The lowest BCUT2D eigenvalue weighted by Gasteiger charge is -2.10. The van der Waals surface area contributed by atoms with Gasteiger partial charge in [-0.15, -0.1) is 11.8 Å². The zero-order valence-electron chi connectivity index (χ0n) is 8.77. The van der Waals surface area contributed by atoms with E-state index in [-0.39, 0.29) is 18.6 Å². The van der Waals surface area contributed by atoms with Gasteiger partial charge in [-0.2, -0.15) is 0 Å². The van der Waals surface area contributed by atoms with Gasteiger partial charge in [-0.3, -0.25) is 10.1 Å². The summed E-state index contributed by atoms with van der Waals surface area (Å²) in [4.78, 5) is 11.8. The molecule has 0 aliphatic carbocycles. The van der Waals surface area contributed by atoms with Gasteiger partial charge in [-0.25, -0.2) is 0 Å². The van der Waals surface area contributed by atoms with Crippen LogP contribution in [0.4, 0.5) is 5.69 Å². The van der Waals surface area contributed by atoms with Crippen LogP contribution in [0.15, 0.2) is 24.3 Å². The van der Waals surface area contributed by atoms with E-state index < -0.39 is 0 Å². The molecule has 1 aromatic carbocycles. The minimum Gasteiger partial charge on any atom is -0.392 e. The van der Waals surface area contributed by atoms with E-state index >= 15 is 0 Å². The van der Waals surface area contributed by atoms with Crippen molar-refractivity contribution in [2.75, 3.05) is 16.9 Å². The highest BCUT2D eigenvalue weighted by molar-refractivity contribution is 7.99. The molecule has 1 aliphatic rings. The molecule has 4 nitrogen and oxygen atoms in total. The van der Waals surface area contributed by atoms with Crippen molar-refractivity contribution in [2.45, 2.75) is 12.6 Å². The fourth-order valence-corrected chi connectivity index (χ4v) is 2.48. The second-order valence-electron chi connectivity index (χ2n) is 3.62. The lowest BCUT2D eigenvalue weighted by molar-refractivity contribution is -0.117. The van der Waals surface area contributed by atoms with E-state index in [1.165, 1.54) is 0 Å². The van der Waals surface area contributed by atoms with Gasteiger partial charge in [-0.05, 0) is 17.7 Å². The van der Waals surface area contributed by atoms with E-state index in [1.807, 2.05) is 18.2 Å². The van der Waals surface area contributed by atoms with Gasteiger partial charge >= 0.3 is 0 Å². The predicted molar refractivity (Wildman–Crippen MR) is 65.2 cm³/mol. The maximum absolute atomic E-state index is 11.8. The Bertz CT molecular complexity index is 378. The van der Waals surface area contributed by atoms with Crippen LogP contribution < -0.4 is 10.6 Å². The highest BCUT2D eigenvalue weighted by atomic mass is 32.2. The van der Waals surface area contributed by atoms with Crippen LogP contribution in [0.1, 0.15) is 5.56 Å². The maximum atomic E-state index is 11.8. The first kappa shape index (κ1) is 11.4. The number of anilines is 1. The lowest BCUT2D eigenvalue weighted by Crippen LogP contribution is -2.37. The molecule has 1 amide bonds. The molecule has 0 aromatic heterocycles. The fraction of sp³-hybridized carbons (Fsp3) is 0.364. The Morgan fingerprint density at radius 1 is 1.62 bits per heavy atom. The van der Waals surface area contributed by atoms with Crippen LogP contribution in [0.3, 0.4) is 0 Å². The third kappa shape index (κ3) is 2.75. The zero-order valence-corrected chi connectivity index (χ0v) is 9.59. The van der Waals surface area contributed by atoms with Crippen LogP contribution in [0.25, 0.3) is 0 Å². The molecule has 0 saturated carbocycles. The van der Waals surface area contributed by atoms with E-state index in [9.17, 15) is 4.79 Å². The second kappa shape index (κ2) is 5.34. The topological polar surface area (TPSA) is 61.4 Å². The van der Waals surface area contributed by atoms with E-state index in [4.69, 9.17) is 5.11 Å². The summed E-state index contributed by atoms with van der Waals surface area (Å²) < 4.78 is 0. The van der Waals surface area contributed by atoms with Gasteiger partial charge < -0.3 is 10.4 Å². The average molecular weight is 238 g/mol. The van der Waals surface area contributed by atoms with E-state index in [0.717, 1.165) is 22.9 Å². The van der Waals surface area contributed by atoms with Crippen molar-refractivity contribution in [3.05, 3.63) is 29.8 Å². The van der Waals surface area contributed by atoms with Crippen LogP contribution in [-0.4, -0.2) is 28.7 Å². The quantitative estimate of drug-likeness (QED) is 0.728. The standard InChI is InChI=1S/C11H14N2O2S/c14-5-8-2-1-3-9(4-8)13-11(15)10-6-16-7-12-10/h1-4,10,12,14H,5-7H2,(H,13,15). The van der Waals surface area contributed by atoms with Gasteiger partial charge in [0.1, 0.15) is 0 Å². The summed E-state index contributed by atoms with van der Waals surface area (Å²) in [5.41, 5.74) is 1.53. The third-order valence-electron chi connectivity index (χ3n) is 2.41. The molecule has 3 N–H and O–H groups in total. The Hall–Kier alpha value is -1.04. The van der Waals surface area contributed by atoms with Crippen molar-refractivity contribution in [1.29, 1.82) is 0 Å². The minimum atomic E-state index is -0.109. The molecule has 86 valence electrons. The molecule has 0 radical (unpaired) electrons. The number of hydrogen-bond acceptors (Lipinski definition) is 4. The molecule has 1 fully saturated rings. The summed E-state index contributed by atoms with van der Waals surface area (Å²) in [5, 5.41) is 14.9. The van der Waals surface area contributed by atoms with Gasteiger partial charge in [-0.1, -0.05) is 12.1 Å². The summed E-state index contributed by atoms with van der Waals surface area (Å²) in [6.07, 6.45) is 0. The van der Waals surface area contributed by atoms with Crippen LogP contribution in [0.5, 0.6) is 0 Å². The van der Waals surface area contributed by atoms with Gasteiger partial charge in [0, 0.05) is 17.3 Å². The summed E-state index contributed by atoms with van der Waals surface area (Å²) in [6.45, 7) is -0.0127. The number of amides is 1. The Labute approximate surface area is 98.4 Å². The molecule has 1 unspecified atom stereocenters. The summed E-state index contributed by atoms with van der Waals surface area (Å²) >= 11 is 1.72. The van der Waals surface area contributed by atoms with Gasteiger partial charge in [0.2, 0.25) is 5.91 Å².